The topological polar surface area (TPSA) is 270 Å². The summed E-state index contributed by atoms with van der Waals surface area (Å²) in [6.07, 6.45) is -5.23. The number of rotatable bonds is 10. The van der Waals surface area contributed by atoms with Crippen molar-refractivity contribution in [2.45, 2.75) is 36.0 Å². The average molecular weight is 509 g/mol. The molecule has 0 spiro atoms. The smallest absolute Gasteiger partial charge is 0.481 e. The maximum absolute atomic E-state index is 12.2. The second-order valence-corrected chi connectivity index (χ2v) is 9.78. The fourth-order valence-corrected chi connectivity index (χ4v) is 4.72. The highest BCUT2D eigenvalue weighted by atomic mass is 32.2. The van der Waals surface area contributed by atoms with E-state index in [2.05, 4.69) is 13.8 Å². The van der Waals surface area contributed by atoms with Crippen molar-refractivity contribution >= 4 is 33.4 Å². The number of carboxylic acids is 1. The highest BCUT2D eigenvalue weighted by Crippen LogP contribution is 2.57. The second kappa shape index (κ2) is 11.1. The summed E-state index contributed by atoms with van der Waals surface area (Å²) in [5, 5.41) is 29.0. The van der Waals surface area contributed by atoms with E-state index >= 15 is 0 Å². The molecular formula is C12H21N3O13P2S. The van der Waals surface area contributed by atoms with E-state index in [1.807, 2.05) is 0 Å². The molecule has 19 heteroatoms. The fraction of sp³-hybridized carbons (Fsp3) is 0.583. The van der Waals surface area contributed by atoms with Crippen molar-refractivity contribution in [2.75, 3.05) is 12.4 Å². The van der Waals surface area contributed by atoms with Gasteiger partial charge in [0, 0.05) is 11.9 Å². The van der Waals surface area contributed by atoms with Crippen molar-refractivity contribution in [1.29, 1.82) is 0 Å². The van der Waals surface area contributed by atoms with Crippen LogP contribution in [0.2, 0.25) is 0 Å². The molecule has 0 bridgehead atoms. The molecule has 0 amide bonds. The Labute approximate surface area is 178 Å². The Morgan fingerprint density at radius 3 is 2.45 bits per heavy atom. The third-order valence-corrected chi connectivity index (χ3v) is 6.68. The number of aromatic nitrogens is 2. The molecule has 1 aromatic heterocycles. The Morgan fingerprint density at radius 2 is 1.90 bits per heavy atom. The lowest BCUT2D eigenvalue weighted by Gasteiger charge is -2.18. The van der Waals surface area contributed by atoms with Crippen LogP contribution in [0, 0.1) is 0 Å². The second-order valence-electron chi connectivity index (χ2n) is 5.83. The van der Waals surface area contributed by atoms with Gasteiger partial charge in [-0.15, -0.1) is 11.8 Å². The first-order chi connectivity index (χ1) is 13.8. The van der Waals surface area contributed by atoms with Crippen LogP contribution in [0.1, 0.15) is 12.6 Å². The molecule has 2 rings (SSSR count). The molecule has 31 heavy (non-hydrogen) atoms. The summed E-state index contributed by atoms with van der Waals surface area (Å²) in [4.78, 5) is 52.7. The van der Waals surface area contributed by atoms with Crippen molar-refractivity contribution in [3.63, 3.8) is 0 Å². The van der Waals surface area contributed by atoms with E-state index in [1.54, 1.807) is 0 Å². The predicted octanol–water partition coefficient (Wildman–Crippen LogP) is -1.18. The van der Waals surface area contributed by atoms with Crippen molar-refractivity contribution in [3.05, 3.63) is 22.7 Å². The minimum Gasteiger partial charge on any atom is -0.481 e. The van der Waals surface area contributed by atoms with Gasteiger partial charge in [-0.05, 0) is 6.07 Å². The number of aliphatic carboxylic acids is 1. The molecular weight excluding hydrogens is 488 g/mol. The SMILES string of the molecule is N.O=C(O)CCSc1ccn([C@@H]2O[C@H](COP(=O)(O)OP(=O)(O)O)[C@@H](O)[C@H]2O)c(=O)n1. The van der Waals surface area contributed by atoms with Crippen LogP contribution in [-0.2, 0) is 27.5 Å². The molecule has 1 unspecified atom stereocenters. The number of ether oxygens (including phenoxy) is 1. The molecule has 1 aliphatic heterocycles. The summed E-state index contributed by atoms with van der Waals surface area (Å²) in [5.74, 6) is -0.844. The highest BCUT2D eigenvalue weighted by Gasteiger charge is 2.45. The number of aliphatic hydroxyl groups is 2. The quantitative estimate of drug-likeness (QED) is 0.111. The van der Waals surface area contributed by atoms with Crippen LogP contribution in [0.4, 0.5) is 0 Å². The zero-order chi connectivity index (χ0) is 22.7. The summed E-state index contributed by atoms with van der Waals surface area (Å²) >= 11 is 1.02. The molecule has 9 N–H and O–H groups in total. The maximum atomic E-state index is 12.2. The van der Waals surface area contributed by atoms with Gasteiger partial charge in [-0.2, -0.15) is 9.29 Å². The van der Waals surface area contributed by atoms with E-state index in [4.69, 9.17) is 19.6 Å². The molecule has 1 fully saturated rings. The number of thioether (sulfide) groups is 1. The standard InChI is InChI=1S/C12H18N2O13P2S.H3N/c15-8(16)2-4-30-7-1-3-14(12(19)13-7)11-10(18)9(17)6(26-11)5-25-29(23,24)27-28(20,21)22;/h1,3,6,9-11,17-18H,2,4-5H2,(H,15,16)(H,23,24)(H2,20,21,22);1H3/t6-,9-,10-,11-;/m1./s1. The Kier molecular flexibility index (Phi) is 9.96. The molecule has 16 nitrogen and oxygen atoms in total. The van der Waals surface area contributed by atoms with Crippen molar-refractivity contribution in [2.24, 2.45) is 0 Å². The van der Waals surface area contributed by atoms with E-state index in [1.165, 1.54) is 12.3 Å². The van der Waals surface area contributed by atoms with Gasteiger partial charge in [0.05, 0.1) is 13.0 Å². The monoisotopic (exact) mass is 509 g/mol. The first-order valence-electron chi connectivity index (χ1n) is 7.99. The Balaban J connectivity index is 0.00000480. The number of phosphoric acid groups is 2. The number of phosphoric ester groups is 1. The molecule has 1 saturated heterocycles. The Morgan fingerprint density at radius 1 is 1.26 bits per heavy atom. The van der Waals surface area contributed by atoms with Gasteiger partial charge in [0.25, 0.3) is 0 Å². The maximum Gasteiger partial charge on any atom is 0.481 e. The van der Waals surface area contributed by atoms with Gasteiger partial charge in [-0.1, -0.05) is 0 Å². The van der Waals surface area contributed by atoms with Crippen LogP contribution in [0.25, 0.3) is 0 Å². The third-order valence-electron chi connectivity index (χ3n) is 3.59. The lowest BCUT2D eigenvalue weighted by molar-refractivity contribution is -0.136. The van der Waals surface area contributed by atoms with Crippen LogP contribution in [0.5, 0.6) is 0 Å². The number of aliphatic hydroxyl groups excluding tert-OH is 2. The number of nitrogens with zero attached hydrogens (tertiary/aromatic N) is 2. The van der Waals surface area contributed by atoms with E-state index in [0.717, 1.165) is 16.3 Å². The number of hydrogen-bond donors (Lipinski definition) is 7. The molecule has 1 aromatic rings. The predicted molar refractivity (Wildman–Crippen MR) is 101 cm³/mol. The van der Waals surface area contributed by atoms with Gasteiger partial charge >= 0.3 is 27.3 Å². The van der Waals surface area contributed by atoms with Gasteiger partial charge in [0.2, 0.25) is 0 Å². The van der Waals surface area contributed by atoms with Crippen LogP contribution in [-0.4, -0.2) is 76.2 Å². The summed E-state index contributed by atoms with van der Waals surface area (Å²) in [6, 6.07) is 1.36. The van der Waals surface area contributed by atoms with Gasteiger partial charge in [0.1, 0.15) is 23.3 Å². The lowest BCUT2D eigenvalue weighted by Crippen LogP contribution is -2.36. The minimum atomic E-state index is -5.34. The van der Waals surface area contributed by atoms with Crippen LogP contribution >= 0.6 is 27.4 Å². The Hall–Kier alpha value is -1.20. The summed E-state index contributed by atoms with van der Waals surface area (Å²) in [5.41, 5.74) is -0.884. The molecule has 178 valence electrons. The molecule has 0 saturated carbocycles. The number of hydrogen-bond acceptors (Lipinski definition) is 12. The first kappa shape index (κ1) is 27.8. The normalized spacial score (nSPS) is 25.6. The van der Waals surface area contributed by atoms with Crippen LogP contribution in [0.3, 0.4) is 0 Å². The first-order valence-corrected chi connectivity index (χ1v) is 12.0. The molecule has 2 heterocycles. The van der Waals surface area contributed by atoms with E-state index < -0.39 is 58.5 Å². The highest BCUT2D eigenvalue weighted by molar-refractivity contribution is 7.99. The molecule has 1 aliphatic rings. The zero-order valence-electron chi connectivity index (χ0n) is 15.5. The van der Waals surface area contributed by atoms with Gasteiger partial charge in [0.15, 0.2) is 6.23 Å². The molecule has 0 aromatic carbocycles. The Bertz CT molecular complexity index is 923. The van der Waals surface area contributed by atoms with E-state index in [-0.39, 0.29) is 23.4 Å². The molecule has 0 radical (unpaired) electrons. The van der Waals surface area contributed by atoms with Crippen molar-refractivity contribution in [3.8, 4) is 0 Å². The van der Waals surface area contributed by atoms with Crippen LogP contribution < -0.4 is 11.8 Å². The lowest BCUT2D eigenvalue weighted by atomic mass is 10.1. The fourth-order valence-electron chi connectivity index (χ4n) is 2.34. The number of carbonyl (C=O) groups is 1. The van der Waals surface area contributed by atoms with E-state index in [9.17, 15) is 33.8 Å². The largest absolute Gasteiger partial charge is 0.481 e. The van der Waals surface area contributed by atoms with Crippen molar-refractivity contribution < 1.29 is 57.5 Å². The van der Waals surface area contributed by atoms with Gasteiger partial charge < -0.3 is 40.9 Å². The van der Waals surface area contributed by atoms with Gasteiger partial charge in [-0.3, -0.25) is 13.9 Å². The average Bonchev–Trinajstić information content (AvgIpc) is 2.86. The summed E-state index contributed by atoms with van der Waals surface area (Å²) < 4.78 is 36.1. The number of carboxylic acid groups (broad SMARTS) is 1. The summed E-state index contributed by atoms with van der Waals surface area (Å²) in [6.45, 7) is -0.909. The molecule has 0 aliphatic carbocycles. The third kappa shape index (κ3) is 8.34. The molecule has 5 atom stereocenters. The van der Waals surface area contributed by atoms with Crippen molar-refractivity contribution in [1.82, 2.24) is 15.7 Å². The van der Waals surface area contributed by atoms with Gasteiger partial charge in [-0.25, -0.2) is 13.9 Å². The minimum absolute atomic E-state index is 0. The van der Waals surface area contributed by atoms with E-state index in [0.29, 0.717) is 0 Å². The van der Waals surface area contributed by atoms with Crippen LogP contribution in [0.15, 0.2) is 22.1 Å². The zero-order valence-corrected chi connectivity index (χ0v) is 18.1. The summed E-state index contributed by atoms with van der Waals surface area (Å²) in [7, 11) is -10.5.